The highest BCUT2D eigenvalue weighted by molar-refractivity contribution is 6.34. The van der Waals surface area contributed by atoms with Crippen LogP contribution in [0.15, 0.2) is 46.7 Å². The molecule has 1 aliphatic rings. The van der Waals surface area contributed by atoms with Gasteiger partial charge in [-0.05, 0) is 68.7 Å². The van der Waals surface area contributed by atoms with Crippen LogP contribution in [-0.2, 0) is 24.8 Å². The lowest BCUT2D eigenvalue weighted by molar-refractivity contribution is -0.275. The predicted molar refractivity (Wildman–Crippen MR) is 127 cm³/mol. The maximum absolute atomic E-state index is 14.2. The molecule has 1 heterocycles. The molecule has 6 nitrogen and oxygen atoms in total. The van der Waals surface area contributed by atoms with E-state index in [1.165, 1.54) is 24.4 Å². The molecule has 2 aromatic rings. The van der Waals surface area contributed by atoms with E-state index in [0.717, 1.165) is 0 Å². The van der Waals surface area contributed by atoms with Crippen LogP contribution in [0, 0.1) is 6.92 Å². The van der Waals surface area contributed by atoms with E-state index in [2.05, 4.69) is 10.3 Å². The topological polar surface area (TPSA) is 69.5 Å². The van der Waals surface area contributed by atoms with Crippen LogP contribution >= 0.6 is 23.2 Å². The Morgan fingerprint density at radius 3 is 2.40 bits per heavy atom. The summed E-state index contributed by atoms with van der Waals surface area (Å²) >= 11 is 11.9. The Balaban J connectivity index is 1.74. The highest BCUT2D eigenvalue weighted by Crippen LogP contribution is 2.49. The molecule has 0 fully saturated rings. The molecule has 0 radical (unpaired) electrons. The molecule has 0 bridgehead atoms. The number of oxime groups is 2. The Morgan fingerprint density at radius 2 is 1.83 bits per heavy atom. The molecular weight excluding hydrogens is 508 g/mol. The molecule has 2 aromatic carbocycles. The van der Waals surface area contributed by atoms with Crippen molar-refractivity contribution in [1.82, 2.24) is 0 Å². The summed E-state index contributed by atoms with van der Waals surface area (Å²) in [5, 5.41) is 7.63. The van der Waals surface area contributed by atoms with Gasteiger partial charge in [0.2, 0.25) is 6.61 Å². The van der Waals surface area contributed by atoms with Crippen LogP contribution in [0.25, 0.3) is 0 Å². The van der Waals surface area contributed by atoms with Crippen molar-refractivity contribution in [3.63, 3.8) is 0 Å². The molecular formula is C24H23Cl2F3N2O4. The number of nitrogens with zero attached hydrogens (tertiary/aromatic N) is 2. The maximum Gasteiger partial charge on any atom is 0.435 e. The second kappa shape index (κ2) is 10.1. The molecule has 1 atom stereocenters. The molecule has 0 aliphatic carbocycles. The number of rotatable bonds is 6. The molecule has 0 saturated carbocycles. The zero-order valence-corrected chi connectivity index (χ0v) is 20.9. The monoisotopic (exact) mass is 530 g/mol. The molecule has 188 valence electrons. The highest BCUT2D eigenvalue weighted by atomic mass is 35.5. The lowest BCUT2D eigenvalue weighted by atomic mass is 9.86. The quantitative estimate of drug-likeness (QED) is 0.240. The molecule has 1 aliphatic heterocycles. The van der Waals surface area contributed by atoms with Crippen molar-refractivity contribution in [3.8, 4) is 0 Å². The minimum Gasteiger partial charge on any atom is -0.457 e. The zero-order valence-electron chi connectivity index (χ0n) is 19.4. The van der Waals surface area contributed by atoms with Crippen molar-refractivity contribution in [2.45, 2.75) is 51.5 Å². The fraction of sp³-hybridized carbons (Fsp3) is 0.375. The lowest BCUT2D eigenvalue weighted by Gasteiger charge is -2.29. The largest absolute Gasteiger partial charge is 0.457 e. The van der Waals surface area contributed by atoms with Crippen LogP contribution in [0.4, 0.5) is 13.2 Å². The van der Waals surface area contributed by atoms with Crippen LogP contribution in [0.2, 0.25) is 10.0 Å². The van der Waals surface area contributed by atoms with E-state index in [1.54, 1.807) is 45.9 Å². The average Bonchev–Trinajstić information content (AvgIpc) is 3.17. The first-order valence-corrected chi connectivity index (χ1v) is 11.2. The van der Waals surface area contributed by atoms with Crippen molar-refractivity contribution in [1.29, 1.82) is 0 Å². The van der Waals surface area contributed by atoms with Crippen LogP contribution in [0.5, 0.6) is 0 Å². The molecule has 0 spiro atoms. The van der Waals surface area contributed by atoms with Crippen LogP contribution in [-0.4, -0.2) is 36.3 Å². The zero-order chi connectivity index (χ0) is 26.0. The second-order valence-electron chi connectivity index (χ2n) is 8.95. The molecule has 1 unspecified atom stereocenters. The number of ether oxygens (including phenoxy) is 1. The fourth-order valence-corrected chi connectivity index (χ4v) is 3.93. The number of alkyl halides is 3. The van der Waals surface area contributed by atoms with Gasteiger partial charge in [-0.15, -0.1) is 0 Å². The highest BCUT2D eigenvalue weighted by Gasteiger charge is 2.62. The van der Waals surface area contributed by atoms with Gasteiger partial charge in [-0.25, -0.2) is 4.79 Å². The van der Waals surface area contributed by atoms with E-state index in [4.69, 9.17) is 37.6 Å². The van der Waals surface area contributed by atoms with E-state index in [0.29, 0.717) is 16.7 Å². The standard InChI is InChI=1S/C24H23Cl2F3N2O4/c1-14-7-15(5-6-16(14)12-30-33-13-21(32)34-22(2,3)4)20-11-23(35-31-20,24(27,28)29)17-8-18(25)10-19(26)9-17/h5-10,12H,11,13H2,1-4H3. The number of hydrogen-bond donors (Lipinski definition) is 0. The van der Waals surface area contributed by atoms with E-state index in [-0.39, 0.29) is 27.9 Å². The molecule has 35 heavy (non-hydrogen) atoms. The maximum atomic E-state index is 14.2. The number of hydrogen-bond acceptors (Lipinski definition) is 6. The van der Waals surface area contributed by atoms with Crippen molar-refractivity contribution in [2.24, 2.45) is 10.3 Å². The van der Waals surface area contributed by atoms with Crippen molar-refractivity contribution in [3.05, 3.63) is 68.7 Å². The number of aryl methyl sites for hydroxylation is 1. The van der Waals surface area contributed by atoms with Gasteiger partial charge in [0.25, 0.3) is 5.60 Å². The van der Waals surface area contributed by atoms with Gasteiger partial charge >= 0.3 is 12.1 Å². The smallest absolute Gasteiger partial charge is 0.435 e. The predicted octanol–water partition coefficient (Wildman–Crippen LogP) is 6.58. The Labute approximate surface area is 210 Å². The van der Waals surface area contributed by atoms with E-state index in [1.807, 2.05) is 0 Å². The minimum absolute atomic E-state index is 0.0570. The second-order valence-corrected chi connectivity index (χ2v) is 9.83. The van der Waals surface area contributed by atoms with E-state index >= 15 is 0 Å². The third-order valence-corrected chi connectivity index (χ3v) is 5.42. The first-order chi connectivity index (χ1) is 16.2. The number of benzene rings is 2. The van der Waals surface area contributed by atoms with Crippen LogP contribution < -0.4 is 0 Å². The van der Waals surface area contributed by atoms with Crippen molar-refractivity contribution in [2.75, 3.05) is 6.61 Å². The molecule has 0 N–H and O–H groups in total. The SMILES string of the molecule is Cc1cc(C2=NOC(c3cc(Cl)cc(Cl)c3)(C(F)(F)F)C2)ccc1C=NOCC(=O)OC(C)(C)C. The Morgan fingerprint density at radius 1 is 1.17 bits per heavy atom. The van der Waals surface area contributed by atoms with Gasteiger partial charge in [-0.1, -0.05) is 45.6 Å². The summed E-state index contributed by atoms with van der Waals surface area (Å²) in [6.45, 7) is 6.61. The third-order valence-electron chi connectivity index (χ3n) is 4.99. The molecule has 0 saturated heterocycles. The molecule has 0 aromatic heterocycles. The average molecular weight is 531 g/mol. The summed E-state index contributed by atoms with van der Waals surface area (Å²) in [6.07, 6.45) is -3.94. The van der Waals surface area contributed by atoms with Gasteiger partial charge in [0, 0.05) is 22.0 Å². The minimum atomic E-state index is -4.78. The Hall–Kier alpha value is -2.78. The number of halogens is 5. The summed E-state index contributed by atoms with van der Waals surface area (Å²) in [4.78, 5) is 21.6. The van der Waals surface area contributed by atoms with Gasteiger partial charge in [-0.2, -0.15) is 13.2 Å². The first-order valence-electron chi connectivity index (χ1n) is 10.5. The lowest BCUT2D eigenvalue weighted by Crippen LogP contribution is -2.42. The van der Waals surface area contributed by atoms with Gasteiger partial charge < -0.3 is 14.4 Å². The normalized spacial score (nSPS) is 18.4. The van der Waals surface area contributed by atoms with Gasteiger partial charge in [0.05, 0.1) is 11.9 Å². The molecule has 11 heteroatoms. The summed E-state index contributed by atoms with van der Waals surface area (Å²) in [7, 11) is 0. The Bertz CT molecular complexity index is 1160. The summed E-state index contributed by atoms with van der Waals surface area (Å²) in [5.74, 6) is -0.560. The van der Waals surface area contributed by atoms with Crippen molar-refractivity contribution < 1.29 is 32.4 Å². The fourth-order valence-electron chi connectivity index (χ4n) is 3.40. The van der Waals surface area contributed by atoms with Crippen molar-refractivity contribution >= 4 is 41.1 Å². The van der Waals surface area contributed by atoms with Crippen LogP contribution in [0.3, 0.4) is 0 Å². The number of carbonyl (C=O) groups excluding carboxylic acids is 1. The third kappa shape index (κ3) is 6.46. The van der Waals surface area contributed by atoms with Gasteiger partial charge in [-0.3, -0.25) is 0 Å². The summed E-state index contributed by atoms with van der Waals surface area (Å²) in [6, 6.07) is 8.59. The summed E-state index contributed by atoms with van der Waals surface area (Å²) in [5.41, 5.74) is -1.67. The first kappa shape index (κ1) is 26.8. The molecule has 3 rings (SSSR count). The molecule has 0 amide bonds. The van der Waals surface area contributed by atoms with Crippen LogP contribution in [0.1, 0.15) is 49.4 Å². The van der Waals surface area contributed by atoms with E-state index < -0.39 is 29.8 Å². The van der Waals surface area contributed by atoms with Gasteiger partial charge in [0.15, 0.2) is 0 Å². The van der Waals surface area contributed by atoms with E-state index in [9.17, 15) is 18.0 Å². The van der Waals surface area contributed by atoms with Gasteiger partial charge in [0.1, 0.15) is 5.60 Å². The number of carbonyl (C=O) groups is 1. The Kier molecular flexibility index (Phi) is 7.71. The number of esters is 1. The summed E-state index contributed by atoms with van der Waals surface area (Å²) < 4.78 is 47.6.